The van der Waals surface area contributed by atoms with Crippen LogP contribution in [0.15, 0.2) is 24.5 Å². The van der Waals surface area contributed by atoms with Gasteiger partial charge >= 0.3 is 6.03 Å². The molecule has 0 bridgehead atoms. The van der Waals surface area contributed by atoms with E-state index < -0.39 is 11.6 Å². The second-order valence-corrected chi connectivity index (χ2v) is 5.77. The van der Waals surface area contributed by atoms with E-state index in [4.69, 9.17) is 0 Å². The maximum absolute atomic E-state index is 15.0. The van der Waals surface area contributed by atoms with Crippen LogP contribution in [0.1, 0.15) is 31.7 Å². The zero-order chi connectivity index (χ0) is 16.7. The van der Waals surface area contributed by atoms with Crippen molar-refractivity contribution < 1.29 is 14.0 Å². The number of rotatable bonds is 5. The molecular formula is C16H23FN4O2. The molecule has 2 N–H and O–H groups in total. The topological polar surface area (TPSA) is 74.3 Å². The first-order valence-electron chi connectivity index (χ1n) is 7.94. The zero-order valence-corrected chi connectivity index (χ0v) is 13.3. The fraction of sp³-hybridized carbons (Fsp3) is 0.562. The number of nitrogens with zero attached hydrogens (tertiary/aromatic N) is 2. The van der Waals surface area contributed by atoms with E-state index in [0.29, 0.717) is 19.5 Å². The van der Waals surface area contributed by atoms with Gasteiger partial charge in [-0.1, -0.05) is 13.0 Å². The number of piperidine rings is 1. The molecule has 0 aliphatic carbocycles. The fourth-order valence-corrected chi connectivity index (χ4v) is 2.56. The Morgan fingerprint density at radius 1 is 1.43 bits per heavy atom. The summed E-state index contributed by atoms with van der Waals surface area (Å²) in [6.07, 6.45) is 4.66. The molecule has 2 rings (SSSR count). The molecule has 3 amide bonds. The van der Waals surface area contributed by atoms with Gasteiger partial charge in [-0.15, -0.1) is 0 Å². The molecule has 0 spiro atoms. The van der Waals surface area contributed by atoms with Gasteiger partial charge in [0, 0.05) is 32.0 Å². The average molecular weight is 322 g/mol. The minimum atomic E-state index is -2.04. The van der Waals surface area contributed by atoms with Crippen molar-refractivity contribution in [1.29, 1.82) is 0 Å². The van der Waals surface area contributed by atoms with Gasteiger partial charge in [-0.25, -0.2) is 9.18 Å². The predicted octanol–water partition coefficient (Wildman–Crippen LogP) is 1.62. The molecule has 1 unspecified atom stereocenters. The number of likely N-dealkylation sites (tertiary alicyclic amines) is 1. The summed E-state index contributed by atoms with van der Waals surface area (Å²) in [5, 5.41) is 5.32. The van der Waals surface area contributed by atoms with Crippen molar-refractivity contribution in [2.45, 2.75) is 38.4 Å². The van der Waals surface area contributed by atoms with Gasteiger partial charge in [0.2, 0.25) is 5.67 Å². The highest BCUT2D eigenvalue weighted by molar-refractivity contribution is 5.86. The van der Waals surface area contributed by atoms with E-state index >= 15 is 0 Å². The Bertz CT molecular complexity index is 540. The van der Waals surface area contributed by atoms with Gasteiger partial charge in [0.05, 0.1) is 6.54 Å². The van der Waals surface area contributed by atoms with Crippen LogP contribution in [0.25, 0.3) is 0 Å². The van der Waals surface area contributed by atoms with E-state index in [9.17, 15) is 14.0 Å². The van der Waals surface area contributed by atoms with E-state index in [1.807, 2.05) is 13.0 Å². The number of amides is 3. The first-order chi connectivity index (χ1) is 11.0. The van der Waals surface area contributed by atoms with E-state index in [2.05, 4.69) is 15.6 Å². The highest BCUT2D eigenvalue weighted by Gasteiger charge is 2.43. The fourth-order valence-electron chi connectivity index (χ4n) is 2.56. The zero-order valence-electron chi connectivity index (χ0n) is 13.3. The summed E-state index contributed by atoms with van der Waals surface area (Å²) in [5.74, 6) is -0.672. The summed E-state index contributed by atoms with van der Waals surface area (Å²) < 4.78 is 15.0. The molecule has 0 radical (unpaired) electrons. The Kier molecular flexibility index (Phi) is 5.90. The summed E-state index contributed by atoms with van der Waals surface area (Å²) >= 11 is 0. The van der Waals surface area contributed by atoms with Crippen LogP contribution < -0.4 is 10.6 Å². The lowest BCUT2D eigenvalue weighted by Gasteiger charge is -2.36. The lowest BCUT2D eigenvalue weighted by molar-refractivity contribution is -0.136. The Morgan fingerprint density at radius 2 is 2.26 bits per heavy atom. The van der Waals surface area contributed by atoms with Gasteiger partial charge in [-0.2, -0.15) is 0 Å². The number of alkyl halides is 1. The summed E-state index contributed by atoms with van der Waals surface area (Å²) in [5.41, 5.74) is -1.23. The van der Waals surface area contributed by atoms with Gasteiger partial charge in [-0.3, -0.25) is 9.78 Å². The Morgan fingerprint density at radius 3 is 2.96 bits per heavy atom. The summed E-state index contributed by atoms with van der Waals surface area (Å²) in [6, 6.07) is 3.25. The van der Waals surface area contributed by atoms with Crippen LogP contribution >= 0.6 is 0 Å². The van der Waals surface area contributed by atoms with Crippen molar-refractivity contribution in [3.63, 3.8) is 0 Å². The van der Waals surface area contributed by atoms with Crippen LogP contribution in [0, 0.1) is 0 Å². The molecule has 0 saturated carbocycles. The third kappa shape index (κ3) is 4.64. The standard InChI is InChI=1S/C16H23FN4O2/c1-2-7-19-15(23)21-9-4-6-16(17,12-21)14(22)20-11-13-5-3-8-18-10-13/h3,5,8,10H,2,4,6-7,9,11-12H2,1H3,(H,19,23)(H,20,22). The van der Waals surface area contributed by atoms with E-state index in [1.165, 1.54) is 4.90 Å². The van der Waals surface area contributed by atoms with Gasteiger partial charge < -0.3 is 15.5 Å². The van der Waals surface area contributed by atoms with E-state index in [1.54, 1.807) is 18.5 Å². The quantitative estimate of drug-likeness (QED) is 0.865. The highest BCUT2D eigenvalue weighted by Crippen LogP contribution is 2.25. The highest BCUT2D eigenvalue weighted by atomic mass is 19.1. The molecule has 7 heteroatoms. The summed E-state index contributed by atoms with van der Waals surface area (Å²) in [6.45, 7) is 2.97. The molecule has 6 nitrogen and oxygen atoms in total. The number of hydrogen-bond acceptors (Lipinski definition) is 3. The van der Waals surface area contributed by atoms with Crippen molar-refractivity contribution in [2.75, 3.05) is 19.6 Å². The van der Waals surface area contributed by atoms with E-state index in [-0.39, 0.29) is 25.5 Å². The third-order valence-corrected chi connectivity index (χ3v) is 3.84. The number of hydrogen-bond donors (Lipinski definition) is 2. The summed E-state index contributed by atoms with van der Waals surface area (Å²) in [4.78, 5) is 29.5. The molecule has 1 aliphatic rings. The monoisotopic (exact) mass is 322 g/mol. The number of pyridine rings is 1. The number of halogens is 1. The molecule has 126 valence electrons. The predicted molar refractivity (Wildman–Crippen MR) is 84.4 cm³/mol. The number of carbonyl (C=O) groups is 2. The van der Waals surface area contributed by atoms with E-state index in [0.717, 1.165) is 12.0 Å². The second-order valence-electron chi connectivity index (χ2n) is 5.77. The van der Waals surface area contributed by atoms with Crippen LogP contribution in [-0.2, 0) is 11.3 Å². The molecule has 1 aromatic rings. The molecule has 23 heavy (non-hydrogen) atoms. The smallest absolute Gasteiger partial charge is 0.317 e. The minimum absolute atomic E-state index is 0.128. The van der Waals surface area contributed by atoms with Crippen molar-refractivity contribution in [1.82, 2.24) is 20.5 Å². The number of urea groups is 1. The third-order valence-electron chi connectivity index (χ3n) is 3.84. The summed E-state index contributed by atoms with van der Waals surface area (Å²) in [7, 11) is 0. The Balaban J connectivity index is 1.91. The largest absolute Gasteiger partial charge is 0.349 e. The SMILES string of the molecule is CCCNC(=O)N1CCCC(F)(C(=O)NCc2cccnc2)C1. The Hall–Kier alpha value is -2.18. The van der Waals surface area contributed by atoms with Crippen LogP contribution in [0.3, 0.4) is 0 Å². The van der Waals surface area contributed by atoms with Gasteiger partial charge in [0.25, 0.3) is 5.91 Å². The maximum Gasteiger partial charge on any atom is 0.317 e. The van der Waals surface area contributed by atoms with Crippen molar-refractivity contribution in [2.24, 2.45) is 0 Å². The van der Waals surface area contributed by atoms with Crippen molar-refractivity contribution >= 4 is 11.9 Å². The van der Waals surface area contributed by atoms with Gasteiger partial charge in [-0.05, 0) is 30.9 Å². The van der Waals surface area contributed by atoms with Crippen LogP contribution in [0.5, 0.6) is 0 Å². The van der Waals surface area contributed by atoms with Crippen molar-refractivity contribution in [3.05, 3.63) is 30.1 Å². The van der Waals surface area contributed by atoms with Gasteiger partial charge in [0.15, 0.2) is 0 Å². The first-order valence-corrected chi connectivity index (χ1v) is 7.94. The number of aromatic nitrogens is 1. The molecule has 2 heterocycles. The Labute approximate surface area is 135 Å². The molecule has 1 fully saturated rings. The van der Waals surface area contributed by atoms with Crippen LogP contribution in [0.2, 0.25) is 0 Å². The molecule has 1 saturated heterocycles. The maximum atomic E-state index is 15.0. The molecule has 1 aromatic heterocycles. The first kappa shape index (κ1) is 17.2. The lowest BCUT2D eigenvalue weighted by atomic mass is 9.94. The average Bonchev–Trinajstić information content (AvgIpc) is 2.58. The molecule has 0 aromatic carbocycles. The lowest BCUT2D eigenvalue weighted by Crippen LogP contribution is -2.57. The van der Waals surface area contributed by atoms with Crippen LogP contribution in [0.4, 0.5) is 9.18 Å². The van der Waals surface area contributed by atoms with Gasteiger partial charge in [0.1, 0.15) is 0 Å². The second kappa shape index (κ2) is 7.89. The molecule has 1 aliphatic heterocycles. The minimum Gasteiger partial charge on any atom is -0.349 e. The van der Waals surface area contributed by atoms with Crippen molar-refractivity contribution in [3.8, 4) is 0 Å². The normalized spacial score (nSPS) is 20.9. The number of carbonyl (C=O) groups excluding carboxylic acids is 2. The molecular weight excluding hydrogens is 299 g/mol. The van der Waals surface area contributed by atoms with Crippen LogP contribution in [-0.4, -0.2) is 47.1 Å². The number of nitrogens with one attached hydrogen (secondary N) is 2. The molecule has 1 atom stereocenters.